The molecule has 1 heterocycles. The number of aromatic hydroxyl groups is 1. The van der Waals surface area contributed by atoms with E-state index < -0.39 is 0 Å². The predicted octanol–water partition coefficient (Wildman–Crippen LogP) is 4.51. The van der Waals surface area contributed by atoms with Crippen LogP contribution in [0, 0.1) is 13.8 Å². The van der Waals surface area contributed by atoms with Crippen molar-refractivity contribution in [2.75, 3.05) is 5.75 Å². The maximum absolute atomic E-state index is 12.3. The second-order valence-electron chi connectivity index (χ2n) is 8.84. The maximum atomic E-state index is 12.3. The molecule has 0 fully saturated rings. The van der Waals surface area contributed by atoms with Gasteiger partial charge in [-0.2, -0.15) is 0 Å². The summed E-state index contributed by atoms with van der Waals surface area (Å²) in [5.74, 6) is 1.26. The van der Waals surface area contributed by atoms with Crippen molar-refractivity contribution >= 4 is 17.7 Å². The van der Waals surface area contributed by atoms with Gasteiger partial charge in [0.1, 0.15) is 5.75 Å². The fourth-order valence-corrected chi connectivity index (χ4v) is 4.08. The molecule has 3 aromatic rings. The van der Waals surface area contributed by atoms with E-state index in [1.54, 1.807) is 0 Å². The Labute approximate surface area is 188 Å². The van der Waals surface area contributed by atoms with Crippen molar-refractivity contribution in [1.82, 2.24) is 20.1 Å². The summed E-state index contributed by atoms with van der Waals surface area (Å²) in [7, 11) is 1.91. The third kappa shape index (κ3) is 5.47. The van der Waals surface area contributed by atoms with Gasteiger partial charge in [-0.15, -0.1) is 10.2 Å². The van der Waals surface area contributed by atoms with E-state index in [4.69, 9.17) is 0 Å². The number of aryl methyl sites for hydroxylation is 2. The first-order valence-corrected chi connectivity index (χ1v) is 11.2. The molecule has 2 aromatic carbocycles. The number of benzene rings is 2. The van der Waals surface area contributed by atoms with Crippen molar-refractivity contribution in [3.05, 3.63) is 58.7 Å². The molecular formula is C24H30N4O2S. The first-order chi connectivity index (χ1) is 14.6. The summed E-state index contributed by atoms with van der Waals surface area (Å²) in [6.45, 7) is 10.7. The topological polar surface area (TPSA) is 80.0 Å². The molecule has 1 amide bonds. The number of carbonyl (C=O) groups is 1. The number of hydrogen-bond donors (Lipinski definition) is 2. The highest BCUT2D eigenvalue weighted by atomic mass is 32.2. The van der Waals surface area contributed by atoms with Crippen LogP contribution in [-0.4, -0.2) is 31.5 Å². The Balaban J connectivity index is 1.59. The number of hydrogen-bond acceptors (Lipinski definition) is 5. The van der Waals surface area contributed by atoms with Gasteiger partial charge in [0.2, 0.25) is 5.91 Å². The van der Waals surface area contributed by atoms with Crippen LogP contribution >= 0.6 is 11.8 Å². The highest BCUT2D eigenvalue weighted by Gasteiger charge is 2.16. The second-order valence-corrected chi connectivity index (χ2v) is 9.78. The molecule has 0 bridgehead atoms. The van der Waals surface area contributed by atoms with E-state index in [0.717, 1.165) is 28.1 Å². The molecule has 0 aliphatic rings. The number of rotatable bonds is 6. The van der Waals surface area contributed by atoms with E-state index in [2.05, 4.69) is 60.6 Å². The number of nitrogens with zero attached hydrogens (tertiary/aromatic N) is 3. The molecule has 0 unspecified atom stereocenters. The van der Waals surface area contributed by atoms with Gasteiger partial charge in [-0.05, 0) is 41.5 Å². The molecule has 7 heteroatoms. The van der Waals surface area contributed by atoms with Crippen molar-refractivity contribution < 1.29 is 9.90 Å². The molecule has 0 saturated heterocycles. The van der Waals surface area contributed by atoms with Gasteiger partial charge in [0.15, 0.2) is 11.0 Å². The Morgan fingerprint density at radius 2 is 1.71 bits per heavy atom. The third-order valence-corrected chi connectivity index (χ3v) is 6.24. The molecule has 0 spiro atoms. The maximum Gasteiger partial charge on any atom is 0.230 e. The monoisotopic (exact) mass is 438 g/mol. The van der Waals surface area contributed by atoms with Crippen LogP contribution in [0.25, 0.3) is 11.4 Å². The van der Waals surface area contributed by atoms with E-state index in [0.29, 0.717) is 17.5 Å². The molecule has 2 N–H and O–H groups in total. The molecule has 1 aromatic heterocycles. The zero-order chi connectivity index (χ0) is 22.8. The van der Waals surface area contributed by atoms with Gasteiger partial charge in [-0.25, -0.2) is 0 Å². The first kappa shape index (κ1) is 22.9. The van der Waals surface area contributed by atoms with Crippen LogP contribution in [0.2, 0.25) is 0 Å². The number of phenolic OH excluding ortho intramolecular Hbond substituents is 1. The van der Waals surface area contributed by atoms with Crippen LogP contribution < -0.4 is 5.32 Å². The van der Waals surface area contributed by atoms with Gasteiger partial charge in [0.05, 0.1) is 5.75 Å². The molecule has 0 radical (unpaired) electrons. The van der Waals surface area contributed by atoms with Gasteiger partial charge < -0.3 is 15.0 Å². The van der Waals surface area contributed by atoms with Crippen molar-refractivity contribution in [2.24, 2.45) is 7.05 Å². The predicted molar refractivity (Wildman–Crippen MR) is 125 cm³/mol. The summed E-state index contributed by atoms with van der Waals surface area (Å²) >= 11 is 1.36. The molecule has 164 valence electrons. The summed E-state index contributed by atoms with van der Waals surface area (Å²) in [4.78, 5) is 12.3. The van der Waals surface area contributed by atoms with Gasteiger partial charge in [0.25, 0.3) is 0 Å². The number of carbonyl (C=O) groups excluding carboxylic acids is 1. The number of phenols is 1. The fraction of sp³-hybridized carbons (Fsp3) is 0.375. The van der Waals surface area contributed by atoms with Crippen molar-refractivity contribution in [3.63, 3.8) is 0 Å². The van der Waals surface area contributed by atoms with Gasteiger partial charge >= 0.3 is 0 Å². The van der Waals surface area contributed by atoms with Gasteiger partial charge in [0, 0.05) is 19.2 Å². The lowest BCUT2D eigenvalue weighted by Gasteiger charge is -2.19. The molecule has 0 aliphatic carbocycles. The molecule has 31 heavy (non-hydrogen) atoms. The minimum Gasteiger partial charge on any atom is -0.507 e. The van der Waals surface area contributed by atoms with Crippen molar-refractivity contribution in [2.45, 2.75) is 51.7 Å². The average Bonchev–Trinajstić information content (AvgIpc) is 3.08. The van der Waals surface area contributed by atoms with Crippen LogP contribution in [0.3, 0.4) is 0 Å². The quantitative estimate of drug-likeness (QED) is 0.554. The highest BCUT2D eigenvalue weighted by Crippen LogP contribution is 2.27. The molecule has 0 aliphatic heterocycles. The van der Waals surface area contributed by atoms with Crippen molar-refractivity contribution in [3.8, 4) is 17.1 Å². The van der Waals surface area contributed by atoms with E-state index in [9.17, 15) is 9.90 Å². The standard InChI is InChI=1S/C24H30N4O2S/c1-15-11-17(12-16(2)21(15)30)13-25-20(29)14-31-23-27-26-22(28(23)6)18-7-9-19(10-8-18)24(3,4)5/h7-12,30H,13-14H2,1-6H3,(H,25,29). The summed E-state index contributed by atoms with van der Waals surface area (Å²) in [6.07, 6.45) is 0. The second kappa shape index (κ2) is 9.14. The van der Waals surface area contributed by atoms with Gasteiger partial charge in [-0.1, -0.05) is 68.9 Å². The zero-order valence-corrected chi connectivity index (χ0v) is 19.8. The minimum absolute atomic E-state index is 0.0764. The Bertz CT molecular complexity index is 1060. The van der Waals surface area contributed by atoms with E-state index in [1.165, 1.54) is 17.3 Å². The van der Waals surface area contributed by atoms with Gasteiger partial charge in [-0.3, -0.25) is 4.79 Å². The molecule has 0 saturated carbocycles. The Hall–Kier alpha value is -2.80. The van der Waals surface area contributed by atoms with E-state index in [-0.39, 0.29) is 17.1 Å². The Morgan fingerprint density at radius 3 is 2.29 bits per heavy atom. The largest absolute Gasteiger partial charge is 0.507 e. The number of aromatic nitrogens is 3. The number of thioether (sulfide) groups is 1. The van der Waals surface area contributed by atoms with Crippen LogP contribution in [0.1, 0.15) is 43.0 Å². The third-order valence-electron chi connectivity index (χ3n) is 5.22. The lowest BCUT2D eigenvalue weighted by atomic mass is 9.87. The lowest BCUT2D eigenvalue weighted by Crippen LogP contribution is -2.24. The average molecular weight is 439 g/mol. The Kier molecular flexibility index (Phi) is 6.74. The smallest absolute Gasteiger partial charge is 0.230 e. The van der Waals surface area contributed by atoms with E-state index in [1.807, 2.05) is 37.6 Å². The fourth-order valence-electron chi connectivity index (χ4n) is 3.34. The summed E-state index contributed by atoms with van der Waals surface area (Å²) in [6, 6.07) is 12.1. The van der Waals surface area contributed by atoms with Crippen LogP contribution in [0.5, 0.6) is 5.75 Å². The SMILES string of the molecule is Cc1cc(CNC(=O)CSc2nnc(-c3ccc(C(C)(C)C)cc3)n2C)cc(C)c1O. The van der Waals surface area contributed by atoms with Crippen molar-refractivity contribution in [1.29, 1.82) is 0 Å². The normalized spacial score (nSPS) is 11.5. The summed E-state index contributed by atoms with van der Waals surface area (Å²) in [5, 5.41) is 22.1. The Morgan fingerprint density at radius 1 is 1.10 bits per heavy atom. The zero-order valence-electron chi connectivity index (χ0n) is 19.0. The van der Waals surface area contributed by atoms with Crippen LogP contribution in [0.15, 0.2) is 41.6 Å². The highest BCUT2D eigenvalue weighted by molar-refractivity contribution is 7.99. The van der Waals surface area contributed by atoms with E-state index >= 15 is 0 Å². The summed E-state index contributed by atoms with van der Waals surface area (Å²) < 4.78 is 1.91. The number of amides is 1. The number of nitrogens with one attached hydrogen (secondary N) is 1. The molecule has 0 atom stereocenters. The van der Waals surface area contributed by atoms with Crippen LogP contribution in [-0.2, 0) is 23.8 Å². The first-order valence-electron chi connectivity index (χ1n) is 10.2. The van der Waals surface area contributed by atoms with Crippen LogP contribution in [0.4, 0.5) is 0 Å². The molecular weight excluding hydrogens is 408 g/mol. The molecule has 6 nitrogen and oxygen atoms in total. The lowest BCUT2D eigenvalue weighted by molar-refractivity contribution is -0.118. The summed E-state index contributed by atoms with van der Waals surface area (Å²) in [5.41, 5.74) is 4.94. The molecule has 3 rings (SSSR count). The minimum atomic E-state index is -0.0764.